The SMILES string of the molecule is COCc1c(C(=O)OCc2ccc(Cl)cc2)c(=O)c2cc(F)c(OC)cc2n1Cc1ccc(Cl)cc1. The summed E-state index contributed by atoms with van der Waals surface area (Å²) in [6.07, 6.45) is 0. The van der Waals surface area contributed by atoms with Crippen LogP contribution < -0.4 is 10.2 Å². The second kappa shape index (κ2) is 11.1. The molecule has 0 saturated heterocycles. The average molecular weight is 530 g/mol. The van der Waals surface area contributed by atoms with Crippen LogP contribution in [-0.4, -0.2) is 24.8 Å². The predicted octanol–water partition coefficient (Wildman–Crippen LogP) is 6.01. The van der Waals surface area contributed by atoms with Crippen LogP contribution in [0.5, 0.6) is 5.75 Å². The lowest BCUT2D eigenvalue weighted by Gasteiger charge is -2.20. The number of benzene rings is 3. The number of hydrogen-bond donors (Lipinski definition) is 0. The van der Waals surface area contributed by atoms with Gasteiger partial charge in [-0.2, -0.15) is 0 Å². The van der Waals surface area contributed by atoms with Gasteiger partial charge in [0.05, 0.1) is 24.9 Å². The monoisotopic (exact) mass is 529 g/mol. The third-order valence-electron chi connectivity index (χ3n) is 5.67. The Morgan fingerprint density at radius 3 is 2.11 bits per heavy atom. The molecule has 0 amide bonds. The molecule has 0 bridgehead atoms. The maximum absolute atomic E-state index is 14.6. The first-order valence-electron chi connectivity index (χ1n) is 10.9. The van der Waals surface area contributed by atoms with E-state index in [2.05, 4.69) is 0 Å². The van der Waals surface area contributed by atoms with Crippen LogP contribution in [-0.2, 0) is 29.2 Å². The van der Waals surface area contributed by atoms with Gasteiger partial charge >= 0.3 is 5.97 Å². The maximum Gasteiger partial charge on any atom is 0.344 e. The topological polar surface area (TPSA) is 66.8 Å². The summed E-state index contributed by atoms with van der Waals surface area (Å²) in [5.41, 5.74) is 1.32. The van der Waals surface area contributed by atoms with Gasteiger partial charge in [0.1, 0.15) is 12.2 Å². The van der Waals surface area contributed by atoms with Crippen molar-refractivity contribution in [2.75, 3.05) is 14.2 Å². The lowest BCUT2D eigenvalue weighted by atomic mass is 10.1. The van der Waals surface area contributed by atoms with E-state index in [9.17, 15) is 14.0 Å². The van der Waals surface area contributed by atoms with Crippen LogP contribution in [0.3, 0.4) is 0 Å². The minimum atomic E-state index is -0.843. The van der Waals surface area contributed by atoms with Gasteiger partial charge in [-0.3, -0.25) is 4.79 Å². The van der Waals surface area contributed by atoms with Crippen molar-refractivity contribution in [3.63, 3.8) is 0 Å². The molecule has 0 aliphatic heterocycles. The van der Waals surface area contributed by atoms with E-state index in [0.717, 1.165) is 11.6 Å². The molecule has 4 rings (SSSR count). The lowest BCUT2D eigenvalue weighted by molar-refractivity contribution is 0.0464. The Balaban J connectivity index is 1.88. The summed E-state index contributed by atoms with van der Waals surface area (Å²) in [6.45, 7) is 0.108. The molecule has 0 aliphatic carbocycles. The zero-order valence-corrected chi connectivity index (χ0v) is 21.0. The molecule has 6 nitrogen and oxygen atoms in total. The molecule has 4 aromatic rings. The molecule has 0 radical (unpaired) electrons. The molecule has 3 aromatic carbocycles. The third kappa shape index (κ3) is 5.38. The Morgan fingerprint density at radius 2 is 1.53 bits per heavy atom. The normalized spacial score (nSPS) is 11.0. The second-order valence-corrected chi connectivity index (χ2v) is 8.88. The molecule has 0 saturated carbocycles. The third-order valence-corrected chi connectivity index (χ3v) is 6.17. The number of rotatable bonds is 8. The number of carbonyl (C=O) groups is 1. The summed E-state index contributed by atoms with van der Waals surface area (Å²) in [7, 11) is 2.79. The smallest absolute Gasteiger partial charge is 0.344 e. The molecule has 0 spiro atoms. The molecule has 0 N–H and O–H groups in total. The molecule has 1 aromatic heterocycles. The molecule has 0 aliphatic rings. The van der Waals surface area contributed by atoms with E-state index in [-0.39, 0.29) is 36.5 Å². The first-order chi connectivity index (χ1) is 17.3. The Morgan fingerprint density at radius 1 is 0.917 bits per heavy atom. The van der Waals surface area contributed by atoms with Crippen molar-refractivity contribution in [2.45, 2.75) is 19.8 Å². The van der Waals surface area contributed by atoms with Crippen molar-refractivity contribution in [1.29, 1.82) is 0 Å². The van der Waals surface area contributed by atoms with Crippen molar-refractivity contribution in [3.8, 4) is 5.75 Å². The molecule has 0 fully saturated rings. The first kappa shape index (κ1) is 25.7. The van der Waals surface area contributed by atoms with Gasteiger partial charge in [-0.05, 0) is 41.5 Å². The number of pyridine rings is 1. The Kier molecular flexibility index (Phi) is 7.94. The highest BCUT2D eigenvalue weighted by atomic mass is 35.5. The van der Waals surface area contributed by atoms with Gasteiger partial charge in [0.15, 0.2) is 11.6 Å². The van der Waals surface area contributed by atoms with Gasteiger partial charge in [0, 0.05) is 35.2 Å². The number of hydrogen-bond acceptors (Lipinski definition) is 5. The minimum absolute atomic E-state index is 0.0144. The Hall–Kier alpha value is -3.39. The van der Waals surface area contributed by atoms with E-state index in [1.54, 1.807) is 41.0 Å². The number of halogens is 3. The number of fused-ring (bicyclic) bond motifs is 1. The van der Waals surface area contributed by atoms with Crippen LogP contribution in [0.15, 0.2) is 65.5 Å². The number of methoxy groups -OCH3 is 2. The quantitative estimate of drug-likeness (QED) is 0.261. The molecular weight excluding hydrogens is 508 g/mol. The number of carbonyl (C=O) groups excluding carboxylic acids is 1. The van der Waals surface area contributed by atoms with Crippen molar-refractivity contribution in [3.05, 3.63) is 109 Å². The number of aromatic nitrogens is 1. The number of ether oxygens (including phenoxy) is 3. The minimum Gasteiger partial charge on any atom is -0.494 e. The van der Waals surface area contributed by atoms with Crippen LogP contribution in [0.2, 0.25) is 10.0 Å². The fourth-order valence-electron chi connectivity index (χ4n) is 3.90. The van der Waals surface area contributed by atoms with Crippen LogP contribution >= 0.6 is 23.2 Å². The predicted molar refractivity (Wildman–Crippen MR) is 137 cm³/mol. The van der Waals surface area contributed by atoms with Crippen molar-refractivity contribution < 1.29 is 23.4 Å². The first-order valence-corrected chi connectivity index (χ1v) is 11.7. The maximum atomic E-state index is 14.6. The molecule has 1 heterocycles. The summed E-state index contributed by atoms with van der Waals surface area (Å²) in [5, 5.41) is 1.13. The van der Waals surface area contributed by atoms with E-state index in [1.165, 1.54) is 20.3 Å². The Bertz CT molecular complexity index is 1470. The molecule has 0 atom stereocenters. The largest absolute Gasteiger partial charge is 0.494 e. The molecular formula is C27H22Cl2FNO5. The van der Waals surface area contributed by atoms with Gasteiger partial charge in [-0.25, -0.2) is 9.18 Å². The van der Waals surface area contributed by atoms with E-state index in [4.69, 9.17) is 37.4 Å². The standard InChI is InChI=1S/C27H22Cl2FNO5/c1-34-15-23-25(27(33)36-14-17-5-9-19(29)10-6-17)26(32)20-11-21(30)24(35-2)12-22(20)31(23)13-16-3-7-18(28)8-4-16/h3-12H,13-15H2,1-2H3. The van der Waals surface area contributed by atoms with E-state index >= 15 is 0 Å². The zero-order valence-electron chi connectivity index (χ0n) is 19.5. The van der Waals surface area contributed by atoms with Gasteiger partial charge < -0.3 is 18.8 Å². The van der Waals surface area contributed by atoms with Crippen LogP contribution in [0.1, 0.15) is 27.2 Å². The molecule has 9 heteroatoms. The molecule has 0 unspecified atom stereocenters. The summed E-state index contributed by atoms with van der Waals surface area (Å²) in [5.74, 6) is -1.60. The molecule has 186 valence electrons. The van der Waals surface area contributed by atoms with Crippen LogP contribution in [0.4, 0.5) is 4.39 Å². The summed E-state index contributed by atoms with van der Waals surface area (Å²) in [6, 6.07) is 16.4. The average Bonchev–Trinajstić information content (AvgIpc) is 2.87. The highest BCUT2D eigenvalue weighted by Crippen LogP contribution is 2.27. The van der Waals surface area contributed by atoms with Crippen LogP contribution in [0, 0.1) is 5.82 Å². The van der Waals surface area contributed by atoms with Gasteiger partial charge in [0.25, 0.3) is 0 Å². The van der Waals surface area contributed by atoms with E-state index < -0.39 is 17.2 Å². The highest BCUT2D eigenvalue weighted by molar-refractivity contribution is 6.30. The number of esters is 1. The molecule has 36 heavy (non-hydrogen) atoms. The second-order valence-electron chi connectivity index (χ2n) is 8.00. The van der Waals surface area contributed by atoms with Crippen molar-refractivity contribution in [2.24, 2.45) is 0 Å². The van der Waals surface area contributed by atoms with Gasteiger partial charge in [-0.15, -0.1) is 0 Å². The highest BCUT2D eigenvalue weighted by Gasteiger charge is 2.25. The fraction of sp³-hybridized carbons (Fsp3) is 0.185. The Labute approximate surface area is 216 Å². The fourth-order valence-corrected chi connectivity index (χ4v) is 4.15. The van der Waals surface area contributed by atoms with Gasteiger partial charge in [-0.1, -0.05) is 47.5 Å². The zero-order chi connectivity index (χ0) is 25.8. The summed E-state index contributed by atoms with van der Waals surface area (Å²) in [4.78, 5) is 26.8. The van der Waals surface area contributed by atoms with Crippen molar-refractivity contribution >= 4 is 40.1 Å². The van der Waals surface area contributed by atoms with E-state index in [0.29, 0.717) is 26.8 Å². The van der Waals surface area contributed by atoms with Crippen LogP contribution in [0.25, 0.3) is 10.9 Å². The van der Waals surface area contributed by atoms with Crippen molar-refractivity contribution in [1.82, 2.24) is 4.57 Å². The lowest BCUT2D eigenvalue weighted by Crippen LogP contribution is -2.26. The number of nitrogens with zero attached hydrogens (tertiary/aromatic N) is 1. The summed E-state index contributed by atoms with van der Waals surface area (Å²) < 4.78 is 32.4. The van der Waals surface area contributed by atoms with E-state index in [1.807, 2.05) is 12.1 Å². The van der Waals surface area contributed by atoms with Gasteiger partial charge in [0.2, 0.25) is 5.43 Å². The summed E-state index contributed by atoms with van der Waals surface area (Å²) >= 11 is 12.0.